The summed E-state index contributed by atoms with van der Waals surface area (Å²) in [7, 11) is 7.99. The Balaban J connectivity index is -0.000000275. The van der Waals surface area contributed by atoms with Gasteiger partial charge >= 0.3 is 0 Å². The number of unbranched alkanes of at least 4 members (excludes halogenated alkanes) is 3. The van der Waals surface area contributed by atoms with Crippen LogP contribution >= 0.6 is 0 Å². The van der Waals surface area contributed by atoms with Gasteiger partial charge in [0.15, 0.2) is 0 Å². The van der Waals surface area contributed by atoms with Gasteiger partial charge in [-0.25, -0.2) is 0 Å². The average Bonchev–Trinajstić information content (AvgIpc) is 3.08. The first-order chi connectivity index (χ1) is 25.0. The minimum Gasteiger partial charge on any atom is -0.385 e. The van der Waals surface area contributed by atoms with Crippen LogP contribution in [0.1, 0.15) is 134 Å². The van der Waals surface area contributed by atoms with Crippen LogP contribution in [0.3, 0.4) is 0 Å². The summed E-state index contributed by atoms with van der Waals surface area (Å²) in [6.45, 7) is 33.2. The number of likely N-dealkylation sites (N-methyl/N-ethyl adjacent to an activating group) is 1. The van der Waals surface area contributed by atoms with Gasteiger partial charge in [0, 0.05) is 46.5 Å². The predicted molar refractivity (Wildman–Crippen MR) is 229 cm³/mol. The van der Waals surface area contributed by atoms with Crippen molar-refractivity contribution in [3.05, 3.63) is 0 Å². The van der Waals surface area contributed by atoms with Gasteiger partial charge in [-0.05, 0) is 161 Å². The molecule has 0 saturated carbocycles. The number of nitrogens with one attached hydrogen (secondary N) is 1. The lowest BCUT2D eigenvalue weighted by Gasteiger charge is -2.30. The molecule has 0 aromatic rings. The number of hydrogen-bond donors (Lipinski definition) is 3. The maximum atomic E-state index is 5.71. The lowest BCUT2D eigenvalue weighted by atomic mass is 10.1. The summed E-state index contributed by atoms with van der Waals surface area (Å²) < 4.78 is 31.9. The van der Waals surface area contributed by atoms with E-state index in [9.17, 15) is 0 Å². The summed E-state index contributed by atoms with van der Waals surface area (Å²) in [6, 6.07) is 0. The van der Waals surface area contributed by atoms with E-state index in [0.717, 1.165) is 58.8 Å². The lowest BCUT2D eigenvalue weighted by molar-refractivity contribution is -0.0232. The molecule has 5 N–H and O–H groups in total. The number of likely N-dealkylation sites (tertiary alicyclic amines) is 1. The lowest BCUT2D eigenvalue weighted by Crippen LogP contribution is -2.35. The summed E-state index contributed by atoms with van der Waals surface area (Å²) in [5.74, 6) is 0. The van der Waals surface area contributed by atoms with Crippen molar-refractivity contribution < 1.29 is 28.4 Å². The minimum atomic E-state index is 0.323. The molecule has 2 heterocycles. The number of ether oxygens (including phenoxy) is 6. The van der Waals surface area contributed by atoms with Crippen molar-refractivity contribution in [3.63, 3.8) is 0 Å². The molecular formula is C42H97N5O6. The van der Waals surface area contributed by atoms with E-state index in [1.165, 1.54) is 58.0 Å². The van der Waals surface area contributed by atoms with Crippen LogP contribution in [0.4, 0.5) is 0 Å². The Morgan fingerprint density at radius 3 is 1.43 bits per heavy atom. The number of hydrogen-bond acceptors (Lipinski definition) is 11. The van der Waals surface area contributed by atoms with Crippen molar-refractivity contribution in [1.82, 2.24) is 15.1 Å². The van der Waals surface area contributed by atoms with Crippen LogP contribution in [-0.4, -0.2) is 153 Å². The van der Waals surface area contributed by atoms with Crippen LogP contribution in [0.5, 0.6) is 0 Å². The minimum absolute atomic E-state index is 0.323. The third-order valence-electron chi connectivity index (χ3n) is 7.44. The first-order valence-electron chi connectivity index (χ1n) is 21.1. The third kappa shape index (κ3) is 61.0. The molecule has 0 bridgehead atoms. The first-order valence-corrected chi connectivity index (χ1v) is 21.1. The van der Waals surface area contributed by atoms with E-state index < -0.39 is 0 Å². The summed E-state index contributed by atoms with van der Waals surface area (Å²) in [5.41, 5.74) is 10.5. The van der Waals surface area contributed by atoms with E-state index in [2.05, 4.69) is 84.5 Å². The Kier molecular flexibility index (Phi) is 51.4. The van der Waals surface area contributed by atoms with Crippen molar-refractivity contribution in [3.8, 4) is 0 Å². The van der Waals surface area contributed by atoms with E-state index in [-0.39, 0.29) is 0 Å². The van der Waals surface area contributed by atoms with Crippen molar-refractivity contribution in [2.24, 2.45) is 11.5 Å². The third-order valence-corrected chi connectivity index (χ3v) is 7.44. The molecule has 11 heteroatoms. The predicted octanol–water partition coefficient (Wildman–Crippen LogP) is 6.99. The average molecular weight is 768 g/mol. The second kappa shape index (κ2) is 45.9. The molecule has 0 spiro atoms. The molecule has 2 fully saturated rings. The smallest absolute Gasteiger partial charge is 0.0603 e. The monoisotopic (exact) mass is 768 g/mol. The Bertz CT molecular complexity index is 634. The van der Waals surface area contributed by atoms with Gasteiger partial charge in [-0.2, -0.15) is 0 Å². The second-order valence-electron chi connectivity index (χ2n) is 15.4. The molecule has 326 valence electrons. The number of rotatable bonds is 20. The molecule has 11 nitrogen and oxygen atoms in total. The molecule has 0 aromatic heterocycles. The number of piperidine rings is 2. The summed E-state index contributed by atoms with van der Waals surface area (Å²) >= 11 is 0. The molecule has 2 saturated heterocycles. The van der Waals surface area contributed by atoms with Crippen LogP contribution in [0.15, 0.2) is 0 Å². The molecule has 0 atom stereocenters. The SMILES string of the molecule is CC(C)OC1CCN(C)CC1.CC(C)OC1CCNCC1.CC(C)OCCCCCN.CC(C)OCCN.CC(C)OCCN(C)C.CCCCOC. The van der Waals surface area contributed by atoms with Crippen LogP contribution < -0.4 is 16.8 Å². The standard InChI is InChI=1S/C9H19NO.C8H17NO.C8H19NO.C7H17NO.C5H13NO.C5H12O/c1-8(2)11-9-4-6-10(3)7-5-9;1-7(2)10-8-3-5-9-6-4-8;1-8(2)10-7-5-3-4-6-9;1-7(2)9-6-5-8(3)4;1-5(2)7-4-3-6;1-3-4-5-6-2/h8-9H,4-7H2,1-3H3;7-9H,3-6H2,1-2H3;8H,3-7,9H2,1-2H3;7H,5-6H2,1-4H3;5H,3-4,6H2,1-2H3;3-5H2,1-2H3. The van der Waals surface area contributed by atoms with Crippen molar-refractivity contribution in [2.75, 3.05) is 100 Å². The number of nitrogens with two attached hydrogens (primary N) is 2. The number of methoxy groups -OCH3 is 1. The Morgan fingerprint density at radius 1 is 0.604 bits per heavy atom. The van der Waals surface area contributed by atoms with Gasteiger partial charge in [0.25, 0.3) is 0 Å². The van der Waals surface area contributed by atoms with Gasteiger partial charge in [0.05, 0.1) is 55.9 Å². The molecule has 0 radical (unpaired) electrons. The summed E-state index contributed by atoms with van der Waals surface area (Å²) in [6.07, 6.45) is 13.5. The van der Waals surface area contributed by atoms with Gasteiger partial charge in [0.1, 0.15) is 0 Å². The Hall–Kier alpha value is -0.440. The zero-order chi connectivity index (χ0) is 41.3. The Morgan fingerprint density at radius 2 is 1.08 bits per heavy atom. The first kappa shape index (κ1) is 59.3. The highest BCUT2D eigenvalue weighted by atomic mass is 16.5. The van der Waals surface area contributed by atoms with E-state index in [1.807, 2.05) is 27.9 Å². The fraction of sp³-hybridized carbons (Fsp3) is 1.00. The maximum Gasteiger partial charge on any atom is 0.0603 e. The van der Waals surface area contributed by atoms with Gasteiger partial charge < -0.3 is 55.0 Å². The van der Waals surface area contributed by atoms with E-state index in [4.69, 9.17) is 39.9 Å². The molecule has 2 aliphatic rings. The second-order valence-corrected chi connectivity index (χ2v) is 15.4. The molecule has 2 rings (SSSR count). The van der Waals surface area contributed by atoms with E-state index in [0.29, 0.717) is 55.9 Å². The van der Waals surface area contributed by atoms with Crippen LogP contribution in [0.2, 0.25) is 0 Å². The fourth-order valence-electron chi connectivity index (χ4n) is 4.63. The van der Waals surface area contributed by atoms with Crippen molar-refractivity contribution in [2.45, 2.75) is 177 Å². The molecule has 0 unspecified atom stereocenters. The zero-order valence-corrected chi connectivity index (χ0v) is 38.2. The van der Waals surface area contributed by atoms with E-state index >= 15 is 0 Å². The molecule has 0 aliphatic carbocycles. The van der Waals surface area contributed by atoms with Gasteiger partial charge in [0.2, 0.25) is 0 Å². The molecule has 0 amide bonds. The quantitative estimate of drug-likeness (QED) is 0.111. The molecular weight excluding hydrogens is 670 g/mol. The maximum absolute atomic E-state index is 5.71. The van der Waals surface area contributed by atoms with Crippen LogP contribution in [0.25, 0.3) is 0 Å². The summed E-state index contributed by atoms with van der Waals surface area (Å²) in [5, 5.41) is 3.31. The van der Waals surface area contributed by atoms with Crippen molar-refractivity contribution >= 4 is 0 Å². The van der Waals surface area contributed by atoms with Gasteiger partial charge in [-0.15, -0.1) is 0 Å². The molecule has 53 heavy (non-hydrogen) atoms. The van der Waals surface area contributed by atoms with Crippen molar-refractivity contribution in [1.29, 1.82) is 0 Å². The van der Waals surface area contributed by atoms with Crippen LogP contribution in [0, 0.1) is 0 Å². The fourth-order valence-corrected chi connectivity index (χ4v) is 4.63. The zero-order valence-electron chi connectivity index (χ0n) is 38.2. The number of nitrogens with zero attached hydrogens (tertiary/aromatic N) is 2. The highest BCUT2D eigenvalue weighted by Gasteiger charge is 2.17. The molecule has 0 aromatic carbocycles. The highest BCUT2D eigenvalue weighted by molar-refractivity contribution is 4.70. The van der Waals surface area contributed by atoms with Gasteiger partial charge in [-0.3, -0.25) is 0 Å². The van der Waals surface area contributed by atoms with Gasteiger partial charge in [-0.1, -0.05) is 13.3 Å². The highest BCUT2D eigenvalue weighted by Crippen LogP contribution is 2.13. The topological polar surface area (TPSA) is 126 Å². The largest absolute Gasteiger partial charge is 0.385 e. The molecule has 2 aliphatic heterocycles. The van der Waals surface area contributed by atoms with Crippen LogP contribution in [-0.2, 0) is 28.4 Å². The Labute approximate surface area is 331 Å². The normalized spacial score (nSPS) is 15.2. The van der Waals surface area contributed by atoms with E-state index in [1.54, 1.807) is 7.11 Å². The summed E-state index contributed by atoms with van der Waals surface area (Å²) in [4.78, 5) is 4.47.